The smallest absolute Gasteiger partial charge is 0.238 e. The summed E-state index contributed by atoms with van der Waals surface area (Å²) in [6, 6.07) is 11.6. The van der Waals surface area contributed by atoms with Gasteiger partial charge in [-0.1, -0.05) is 30.5 Å². The van der Waals surface area contributed by atoms with Crippen molar-refractivity contribution in [3.8, 4) is 17.2 Å². The molecule has 34 heavy (non-hydrogen) atoms. The number of nitrogens with one attached hydrogen (secondary N) is 1. The highest BCUT2D eigenvalue weighted by Gasteiger charge is 2.49. The maximum atomic E-state index is 13.0. The highest BCUT2D eigenvalue weighted by molar-refractivity contribution is 5.92. The van der Waals surface area contributed by atoms with Gasteiger partial charge in [0.25, 0.3) is 0 Å². The molecule has 4 rings (SSSR count). The third kappa shape index (κ3) is 4.86. The number of methoxy groups -OCH3 is 3. The summed E-state index contributed by atoms with van der Waals surface area (Å²) in [5.74, 6) is 1.64. The van der Waals surface area contributed by atoms with Crippen LogP contribution in [0.15, 0.2) is 36.4 Å². The van der Waals surface area contributed by atoms with E-state index in [0.29, 0.717) is 30.2 Å². The van der Waals surface area contributed by atoms with Crippen molar-refractivity contribution in [2.75, 3.05) is 39.7 Å². The number of fused-ring (bicyclic) bond motifs is 1. The van der Waals surface area contributed by atoms with Crippen molar-refractivity contribution in [3.63, 3.8) is 0 Å². The first-order valence-electron chi connectivity index (χ1n) is 12.0. The maximum Gasteiger partial charge on any atom is 0.238 e. The van der Waals surface area contributed by atoms with Crippen LogP contribution in [0, 0.1) is 12.8 Å². The number of rotatable bonds is 7. The third-order valence-corrected chi connectivity index (χ3v) is 7.38. The Morgan fingerprint density at radius 2 is 1.74 bits per heavy atom. The zero-order valence-corrected chi connectivity index (χ0v) is 20.6. The van der Waals surface area contributed by atoms with Gasteiger partial charge in [-0.15, -0.1) is 0 Å². The Labute approximate surface area is 202 Å². The highest BCUT2D eigenvalue weighted by atomic mass is 16.5. The summed E-state index contributed by atoms with van der Waals surface area (Å²) >= 11 is 0. The lowest BCUT2D eigenvalue weighted by Crippen LogP contribution is -2.56. The zero-order valence-electron chi connectivity index (χ0n) is 20.6. The van der Waals surface area contributed by atoms with Crippen molar-refractivity contribution in [2.45, 2.75) is 50.7 Å². The fourth-order valence-corrected chi connectivity index (χ4v) is 5.66. The summed E-state index contributed by atoms with van der Waals surface area (Å²) in [7, 11) is 4.79. The number of amides is 1. The number of aliphatic hydroxyl groups is 1. The molecule has 1 saturated heterocycles. The van der Waals surface area contributed by atoms with E-state index >= 15 is 0 Å². The zero-order chi connectivity index (χ0) is 24.3. The fraction of sp³-hybridized carbons (Fsp3) is 0.519. The van der Waals surface area contributed by atoms with Crippen LogP contribution in [0.5, 0.6) is 17.2 Å². The number of hydrogen-bond acceptors (Lipinski definition) is 6. The predicted octanol–water partition coefficient (Wildman–Crippen LogP) is 4.33. The molecule has 1 aliphatic carbocycles. The van der Waals surface area contributed by atoms with Crippen molar-refractivity contribution in [1.29, 1.82) is 0 Å². The molecule has 0 bridgehead atoms. The number of benzene rings is 2. The molecule has 184 valence electrons. The Morgan fingerprint density at radius 3 is 2.35 bits per heavy atom. The van der Waals surface area contributed by atoms with Crippen molar-refractivity contribution in [3.05, 3.63) is 47.5 Å². The minimum Gasteiger partial charge on any atom is -0.493 e. The molecule has 2 aromatic carbocycles. The number of aryl methyl sites for hydroxylation is 1. The number of carbonyl (C=O) groups is 1. The lowest BCUT2D eigenvalue weighted by molar-refractivity contribution is -0.135. The molecule has 7 nitrogen and oxygen atoms in total. The molecule has 1 aliphatic heterocycles. The van der Waals surface area contributed by atoms with Crippen LogP contribution in [0.3, 0.4) is 0 Å². The van der Waals surface area contributed by atoms with E-state index in [1.807, 2.05) is 43.3 Å². The summed E-state index contributed by atoms with van der Waals surface area (Å²) in [5.41, 5.74) is 2.16. The van der Waals surface area contributed by atoms with E-state index in [4.69, 9.17) is 14.2 Å². The second-order valence-corrected chi connectivity index (χ2v) is 9.49. The standard InChI is InChI=1S/C27H36N2O5/c1-18-8-10-20(11-9-18)28-24(30)17-29-14-13-27(31)12-6-5-7-21(27)25(29)19-15-22(32-2)26(34-4)23(16-19)33-3/h8-11,15-16,21,25,31H,5-7,12-14,17H2,1-4H3,(H,28,30). The highest BCUT2D eigenvalue weighted by Crippen LogP contribution is 2.51. The van der Waals surface area contributed by atoms with Crippen molar-refractivity contribution >= 4 is 11.6 Å². The van der Waals surface area contributed by atoms with Gasteiger partial charge in [0.2, 0.25) is 11.7 Å². The van der Waals surface area contributed by atoms with E-state index in [9.17, 15) is 9.90 Å². The van der Waals surface area contributed by atoms with Gasteiger partial charge in [-0.2, -0.15) is 0 Å². The molecule has 0 radical (unpaired) electrons. The fourth-order valence-electron chi connectivity index (χ4n) is 5.66. The second-order valence-electron chi connectivity index (χ2n) is 9.49. The Balaban J connectivity index is 1.67. The van der Waals surface area contributed by atoms with Crippen molar-refractivity contribution in [2.24, 2.45) is 5.92 Å². The Hall–Kier alpha value is -2.77. The van der Waals surface area contributed by atoms with Gasteiger partial charge in [0.05, 0.1) is 33.5 Å². The Bertz CT molecular complexity index is 984. The van der Waals surface area contributed by atoms with Gasteiger partial charge < -0.3 is 24.6 Å². The summed E-state index contributed by atoms with van der Waals surface area (Å²) in [4.78, 5) is 15.2. The largest absolute Gasteiger partial charge is 0.493 e. The first kappa shape index (κ1) is 24.4. The van der Waals surface area contributed by atoms with Crippen LogP contribution in [-0.2, 0) is 4.79 Å². The van der Waals surface area contributed by atoms with Gasteiger partial charge in [0.1, 0.15) is 0 Å². The number of carbonyl (C=O) groups excluding carboxylic acids is 1. The molecule has 3 atom stereocenters. The van der Waals surface area contributed by atoms with Crippen molar-refractivity contribution < 1.29 is 24.1 Å². The van der Waals surface area contributed by atoms with Crippen LogP contribution >= 0.6 is 0 Å². The maximum absolute atomic E-state index is 13.0. The van der Waals surface area contributed by atoms with Crippen LogP contribution in [-0.4, -0.2) is 55.9 Å². The van der Waals surface area contributed by atoms with Crippen LogP contribution in [0.4, 0.5) is 5.69 Å². The van der Waals surface area contributed by atoms with Gasteiger partial charge in [-0.05, 0) is 56.0 Å². The van der Waals surface area contributed by atoms with Crippen LogP contribution < -0.4 is 19.5 Å². The molecule has 1 saturated carbocycles. The van der Waals surface area contributed by atoms with Gasteiger partial charge in [0.15, 0.2) is 11.5 Å². The van der Waals surface area contributed by atoms with Gasteiger partial charge in [0, 0.05) is 24.2 Å². The van der Waals surface area contributed by atoms with E-state index in [1.165, 1.54) is 0 Å². The van der Waals surface area contributed by atoms with Crippen LogP contribution in [0.1, 0.15) is 49.3 Å². The normalized spacial score (nSPS) is 24.7. The minimum atomic E-state index is -0.729. The van der Waals surface area contributed by atoms with Crippen molar-refractivity contribution in [1.82, 2.24) is 4.90 Å². The van der Waals surface area contributed by atoms with Gasteiger partial charge in [-0.3, -0.25) is 9.69 Å². The average molecular weight is 469 g/mol. The second kappa shape index (κ2) is 10.2. The molecular formula is C27H36N2O5. The molecule has 1 heterocycles. The first-order chi connectivity index (χ1) is 16.4. The summed E-state index contributed by atoms with van der Waals surface area (Å²) in [5, 5.41) is 14.6. The summed E-state index contributed by atoms with van der Waals surface area (Å²) < 4.78 is 16.7. The summed E-state index contributed by atoms with van der Waals surface area (Å²) in [6.45, 7) is 2.89. The van der Waals surface area contributed by atoms with Gasteiger partial charge in [-0.25, -0.2) is 0 Å². The molecule has 7 heteroatoms. The van der Waals surface area contributed by atoms with E-state index in [1.54, 1.807) is 21.3 Å². The number of nitrogens with zero attached hydrogens (tertiary/aromatic N) is 1. The molecule has 2 fully saturated rings. The quantitative estimate of drug-likeness (QED) is 0.630. The third-order valence-electron chi connectivity index (χ3n) is 7.38. The predicted molar refractivity (Wildman–Crippen MR) is 132 cm³/mol. The number of anilines is 1. The SMILES string of the molecule is COc1cc(C2C3CCCCC3(O)CCN2CC(=O)Nc2ccc(C)cc2)cc(OC)c1OC. The monoisotopic (exact) mass is 468 g/mol. The topological polar surface area (TPSA) is 80.3 Å². The number of hydrogen-bond donors (Lipinski definition) is 2. The van der Waals surface area contributed by atoms with Gasteiger partial charge >= 0.3 is 0 Å². The van der Waals surface area contributed by atoms with Crippen LogP contribution in [0.25, 0.3) is 0 Å². The lowest BCUT2D eigenvalue weighted by Gasteiger charge is -2.52. The number of ether oxygens (including phenoxy) is 3. The molecular weight excluding hydrogens is 432 g/mol. The molecule has 1 amide bonds. The molecule has 0 aromatic heterocycles. The minimum absolute atomic E-state index is 0.0185. The Kier molecular flexibility index (Phi) is 7.33. The number of likely N-dealkylation sites (tertiary alicyclic amines) is 1. The van der Waals surface area contributed by atoms with E-state index in [0.717, 1.165) is 42.5 Å². The molecule has 2 aliphatic rings. The van der Waals surface area contributed by atoms with E-state index < -0.39 is 5.60 Å². The molecule has 3 unspecified atom stereocenters. The molecule has 2 aromatic rings. The molecule has 0 spiro atoms. The summed E-state index contributed by atoms with van der Waals surface area (Å²) in [6.07, 6.45) is 4.46. The average Bonchev–Trinajstić information content (AvgIpc) is 2.84. The number of piperidine rings is 1. The van der Waals surface area contributed by atoms with E-state index in [2.05, 4.69) is 10.2 Å². The van der Waals surface area contributed by atoms with E-state index in [-0.39, 0.29) is 24.4 Å². The van der Waals surface area contributed by atoms with Crippen LogP contribution in [0.2, 0.25) is 0 Å². The first-order valence-corrected chi connectivity index (χ1v) is 12.0. The Morgan fingerprint density at radius 1 is 1.06 bits per heavy atom. The molecule has 2 N–H and O–H groups in total. The lowest BCUT2D eigenvalue weighted by atomic mass is 9.66.